The third-order valence-corrected chi connectivity index (χ3v) is 3.33. The van der Waals surface area contributed by atoms with Gasteiger partial charge in [-0.2, -0.15) is 5.26 Å². The first-order valence-corrected chi connectivity index (χ1v) is 5.69. The zero-order chi connectivity index (χ0) is 13.3. The van der Waals surface area contributed by atoms with Crippen molar-refractivity contribution in [3.63, 3.8) is 0 Å². The van der Waals surface area contributed by atoms with Crippen LogP contribution >= 0.6 is 0 Å². The highest BCUT2D eigenvalue weighted by Crippen LogP contribution is 2.26. The summed E-state index contributed by atoms with van der Waals surface area (Å²) in [6, 6.07) is 7.71. The van der Waals surface area contributed by atoms with Crippen LogP contribution in [-0.4, -0.2) is 16.2 Å². The summed E-state index contributed by atoms with van der Waals surface area (Å²) in [5.74, 6) is 0. The maximum absolute atomic E-state index is 10.1. The highest BCUT2D eigenvalue weighted by Gasteiger charge is 2.34. The lowest BCUT2D eigenvalue weighted by Crippen LogP contribution is -2.51. The summed E-state index contributed by atoms with van der Waals surface area (Å²) < 4.78 is 0. The van der Waals surface area contributed by atoms with Crippen molar-refractivity contribution in [2.75, 3.05) is 5.32 Å². The van der Waals surface area contributed by atoms with Gasteiger partial charge < -0.3 is 10.4 Å². The van der Waals surface area contributed by atoms with Crippen LogP contribution in [0.25, 0.3) is 0 Å². The summed E-state index contributed by atoms with van der Waals surface area (Å²) in [4.78, 5) is 0. The number of anilines is 1. The molecule has 0 radical (unpaired) electrons. The molecule has 1 rings (SSSR count). The maximum atomic E-state index is 10.1. The van der Waals surface area contributed by atoms with Gasteiger partial charge in [-0.1, -0.05) is 0 Å². The van der Waals surface area contributed by atoms with Gasteiger partial charge in [0.1, 0.15) is 0 Å². The van der Waals surface area contributed by atoms with Gasteiger partial charge in [0.15, 0.2) is 0 Å². The van der Waals surface area contributed by atoms with Gasteiger partial charge in [0.2, 0.25) is 0 Å². The highest BCUT2D eigenvalue weighted by atomic mass is 16.3. The molecule has 92 valence electrons. The second kappa shape index (κ2) is 4.38. The fourth-order valence-electron chi connectivity index (χ4n) is 1.38. The van der Waals surface area contributed by atoms with E-state index in [0.29, 0.717) is 5.56 Å². The minimum Gasteiger partial charge on any atom is -0.388 e. The van der Waals surface area contributed by atoms with Crippen molar-refractivity contribution in [1.82, 2.24) is 0 Å². The number of benzene rings is 1. The summed E-state index contributed by atoms with van der Waals surface area (Å²) in [6.07, 6.45) is 0. The van der Waals surface area contributed by atoms with Gasteiger partial charge in [-0.05, 0) is 58.4 Å². The minimum absolute atomic E-state index is 0.451. The molecule has 0 heterocycles. The van der Waals surface area contributed by atoms with Crippen LogP contribution in [0.2, 0.25) is 0 Å². The molecule has 1 aromatic rings. The first-order valence-electron chi connectivity index (χ1n) is 5.69. The first kappa shape index (κ1) is 13.5. The van der Waals surface area contributed by atoms with Crippen LogP contribution in [0.15, 0.2) is 18.2 Å². The topological polar surface area (TPSA) is 56.0 Å². The Bertz CT molecular complexity index is 450. The molecule has 0 aromatic heterocycles. The van der Waals surface area contributed by atoms with Gasteiger partial charge in [0, 0.05) is 5.69 Å². The standard InChI is InChI=1S/C14H20N2O/c1-10-8-12(7-6-11(10)9-15)16-13(2,3)14(4,5)17/h6-8,16-17H,1-5H3. The second-order valence-corrected chi connectivity index (χ2v) is 5.45. The van der Waals surface area contributed by atoms with E-state index < -0.39 is 11.1 Å². The number of aryl methyl sites for hydroxylation is 1. The van der Waals surface area contributed by atoms with E-state index in [1.807, 2.05) is 32.9 Å². The van der Waals surface area contributed by atoms with Gasteiger partial charge in [0.05, 0.1) is 22.8 Å². The van der Waals surface area contributed by atoms with Gasteiger partial charge in [0.25, 0.3) is 0 Å². The molecule has 0 aliphatic heterocycles. The van der Waals surface area contributed by atoms with E-state index in [1.165, 1.54) is 0 Å². The van der Waals surface area contributed by atoms with Crippen molar-refractivity contribution in [2.24, 2.45) is 0 Å². The molecule has 1 aromatic carbocycles. The molecule has 0 saturated heterocycles. The molecule has 3 nitrogen and oxygen atoms in total. The molecule has 2 N–H and O–H groups in total. The van der Waals surface area contributed by atoms with E-state index in [4.69, 9.17) is 5.26 Å². The van der Waals surface area contributed by atoms with E-state index >= 15 is 0 Å². The van der Waals surface area contributed by atoms with E-state index in [1.54, 1.807) is 19.9 Å². The smallest absolute Gasteiger partial charge is 0.0994 e. The highest BCUT2D eigenvalue weighted by molar-refractivity contribution is 5.53. The SMILES string of the molecule is Cc1cc(NC(C)(C)C(C)(C)O)ccc1C#N. The fourth-order valence-corrected chi connectivity index (χ4v) is 1.38. The Kier molecular flexibility index (Phi) is 3.49. The molecule has 17 heavy (non-hydrogen) atoms. The summed E-state index contributed by atoms with van der Waals surface area (Å²) in [7, 11) is 0. The van der Waals surface area contributed by atoms with Crippen molar-refractivity contribution in [2.45, 2.75) is 45.8 Å². The predicted octanol–water partition coefficient (Wildman–Crippen LogP) is 2.83. The van der Waals surface area contributed by atoms with Gasteiger partial charge in [-0.3, -0.25) is 0 Å². The number of nitriles is 1. The molecule has 0 spiro atoms. The molecular weight excluding hydrogens is 212 g/mol. The summed E-state index contributed by atoms with van der Waals surface area (Å²) in [5, 5.41) is 22.2. The van der Waals surface area contributed by atoms with E-state index in [-0.39, 0.29) is 0 Å². The number of nitrogens with zero attached hydrogens (tertiary/aromatic N) is 1. The summed E-state index contributed by atoms with van der Waals surface area (Å²) in [6.45, 7) is 9.34. The van der Waals surface area contributed by atoms with Crippen molar-refractivity contribution in [3.8, 4) is 6.07 Å². The van der Waals surface area contributed by atoms with E-state index in [9.17, 15) is 5.11 Å². The Morgan fingerprint density at radius 2 is 1.82 bits per heavy atom. The van der Waals surface area contributed by atoms with Gasteiger partial charge >= 0.3 is 0 Å². The quantitative estimate of drug-likeness (QED) is 0.842. The number of hydrogen-bond donors (Lipinski definition) is 2. The third kappa shape index (κ3) is 2.98. The average molecular weight is 232 g/mol. The van der Waals surface area contributed by atoms with Crippen LogP contribution < -0.4 is 5.32 Å². The fraction of sp³-hybridized carbons (Fsp3) is 0.500. The number of hydrogen-bond acceptors (Lipinski definition) is 3. The molecule has 0 aliphatic rings. The van der Waals surface area contributed by atoms with E-state index in [2.05, 4.69) is 11.4 Å². The lowest BCUT2D eigenvalue weighted by Gasteiger charge is -2.39. The van der Waals surface area contributed by atoms with Gasteiger partial charge in [-0.25, -0.2) is 0 Å². The third-order valence-electron chi connectivity index (χ3n) is 3.33. The minimum atomic E-state index is -0.838. The van der Waals surface area contributed by atoms with Crippen LogP contribution in [0, 0.1) is 18.3 Å². The van der Waals surface area contributed by atoms with Crippen molar-refractivity contribution < 1.29 is 5.11 Å². The molecule has 0 aliphatic carbocycles. The Hall–Kier alpha value is -1.53. The first-order chi connectivity index (χ1) is 7.67. The largest absolute Gasteiger partial charge is 0.388 e. The van der Waals surface area contributed by atoms with Crippen LogP contribution in [0.1, 0.15) is 38.8 Å². The number of aliphatic hydroxyl groups is 1. The number of rotatable bonds is 3. The Morgan fingerprint density at radius 3 is 2.24 bits per heavy atom. The van der Waals surface area contributed by atoms with Crippen molar-refractivity contribution in [1.29, 1.82) is 5.26 Å². The lowest BCUT2D eigenvalue weighted by atomic mass is 9.85. The van der Waals surface area contributed by atoms with Crippen molar-refractivity contribution >= 4 is 5.69 Å². The molecular formula is C14H20N2O. The molecule has 0 fully saturated rings. The Balaban J connectivity index is 2.98. The van der Waals surface area contributed by atoms with Gasteiger partial charge in [-0.15, -0.1) is 0 Å². The molecule has 3 heteroatoms. The van der Waals surface area contributed by atoms with Crippen LogP contribution in [0.4, 0.5) is 5.69 Å². The van der Waals surface area contributed by atoms with Crippen LogP contribution in [0.5, 0.6) is 0 Å². The molecule has 0 unspecified atom stereocenters. The monoisotopic (exact) mass is 232 g/mol. The second-order valence-electron chi connectivity index (χ2n) is 5.45. The molecule has 0 amide bonds. The lowest BCUT2D eigenvalue weighted by molar-refractivity contribution is 0.0240. The summed E-state index contributed by atoms with van der Waals surface area (Å²) in [5.41, 5.74) is 1.23. The summed E-state index contributed by atoms with van der Waals surface area (Å²) >= 11 is 0. The number of nitrogens with one attached hydrogen (secondary N) is 1. The van der Waals surface area contributed by atoms with Crippen molar-refractivity contribution in [3.05, 3.63) is 29.3 Å². The molecule has 0 bridgehead atoms. The Labute approximate surface area is 103 Å². The average Bonchev–Trinajstić information content (AvgIpc) is 2.15. The zero-order valence-electron chi connectivity index (χ0n) is 11.1. The maximum Gasteiger partial charge on any atom is 0.0994 e. The molecule has 0 saturated carbocycles. The zero-order valence-corrected chi connectivity index (χ0v) is 11.1. The van der Waals surface area contributed by atoms with Crippen LogP contribution in [0.3, 0.4) is 0 Å². The van der Waals surface area contributed by atoms with Crippen LogP contribution in [-0.2, 0) is 0 Å². The Morgan fingerprint density at radius 1 is 1.24 bits per heavy atom. The normalized spacial score (nSPS) is 12.1. The molecule has 0 atom stereocenters. The predicted molar refractivity (Wildman–Crippen MR) is 69.9 cm³/mol. The van der Waals surface area contributed by atoms with E-state index in [0.717, 1.165) is 11.3 Å².